The molecule has 0 saturated heterocycles. The van der Waals surface area contributed by atoms with E-state index in [2.05, 4.69) is 24.1 Å². The van der Waals surface area contributed by atoms with Gasteiger partial charge in [-0.25, -0.2) is 0 Å². The van der Waals surface area contributed by atoms with Crippen molar-refractivity contribution in [2.45, 2.75) is 13.8 Å². The molecule has 1 amide bonds. The summed E-state index contributed by atoms with van der Waals surface area (Å²) in [6, 6.07) is 21.4. The van der Waals surface area contributed by atoms with Crippen LogP contribution in [0.15, 0.2) is 71.1 Å². The number of nitrogens with zero attached hydrogens (tertiary/aromatic N) is 1. The quantitative estimate of drug-likeness (QED) is 0.499. The van der Waals surface area contributed by atoms with E-state index < -0.39 is 0 Å². The molecule has 3 aromatic carbocycles. The Morgan fingerprint density at radius 1 is 0.889 bits per heavy atom. The number of amides is 1. The lowest BCUT2D eigenvalue weighted by molar-refractivity contribution is 0.102. The summed E-state index contributed by atoms with van der Waals surface area (Å²) in [6.45, 7) is 6.19. The molecule has 1 aromatic heterocycles. The van der Waals surface area contributed by atoms with Crippen LogP contribution in [0, 0.1) is 0 Å². The van der Waals surface area contributed by atoms with E-state index in [1.54, 1.807) is 6.07 Å². The van der Waals surface area contributed by atoms with Crippen LogP contribution in [-0.2, 0) is 0 Å². The fraction of sp³-hybridized carbons (Fsp3) is 0.174. The number of hydrogen-bond acceptors (Lipinski definition) is 3. The van der Waals surface area contributed by atoms with Gasteiger partial charge in [-0.2, -0.15) is 0 Å². The van der Waals surface area contributed by atoms with Crippen LogP contribution < -0.4 is 10.2 Å². The van der Waals surface area contributed by atoms with Crippen LogP contribution in [0.2, 0.25) is 0 Å². The van der Waals surface area contributed by atoms with Crippen molar-refractivity contribution in [2.24, 2.45) is 0 Å². The highest BCUT2D eigenvalue weighted by Gasteiger charge is 2.11. The molecule has 0 saturated carbocycles. The van der Waals surface area contributed by atoms with Crippen molar-refractivity contribution in [3.8, 4) is 0 Å². The molecule has 0 aliphatic rings. The molecule has 4 aromatic rings. The van der Waals surface area contributed by atoms with Crippen molar-refractivity contribution >= 4 is 39.2 Å². The van der Waals surface area contributed by atoms with Gasteiger partial charge < -0.3 is 14.6 Å². The molecule has 0 fully saturated rings. The Balaban J connectivity index is 1.58. The first kappa shape index (κ1) is 17.2. The highest BCUT2D eigenvalue weighted by Crippen LogP contribution is 2.29. The van der Waals surface area contributed by atoms with E-state index in [1.165, 1.54) is 0 Å². The Labute approximate surface area is 158 Å². The summed E-state index contributed by atoms with van der Waals surface area (Å²) < 4.78 is 5.83. The number of anilines is 2. The maximum absolute atomic E-state index is 12.7. The first-order valence-corrected chi connectivity index (χ1v) is 9.27. The molecule has 0 atom stereocenters. The molecule has 1 heterocycles. The molecule has 4 rings (SSSR count). The van der Waals surface area contributed by atoms with Gasteiger partial charge in [-0.05, 0) is 62.4 Å². The Hall–Kier alpha value is -3.27. The SMILES string of the molecule is CCN(CC)c1ccc(NC(=O)c2ccc3oc4ccccc4c3c2)cc1. The molecule has 0 aliphatic carbocycles. The predicted molar refractivity (Wildman–Crippen MR) is 112 cm³/mol. The summed E-state index contributed by atoms with van der Waals surface area (Å²) >= 11 is 0. The number of hydrogen-bond donors (Lipinski definition) is 1. The summed E-state index contributed by atoms with van der Waals surface area (Å²) in [7, 11) is 0. The minimum Gasteiger partial charge on any atom is -0.456 e. The topological polar surface area (TPSA) is 45.5 Å². The van der Waals surface area contributed by atoms with Gasteiger partial charge in [0.1, 0.15) is 11.2 Å². The normalized spacial score (nSPS) is 11.0. The number of benzene rings is 3. The second kappa shape index (κ2) is 7.16. The van der Waals surface area contributed by atoms with E-state index in [0.29, 0.717) is 5.56 Å². The van der Waals surface area contributed by atoms with Crippen LogP contribution in [0.25, 0.3) is 21.9 Å². The second-order valence-corrected chi connectivity index (χ2v) is 6.48. The summed E-state index contributed by atoms with van der Waals surface area (Å²) in [4.78, 5) is 15.0. The zero-order chi connectivity index (χ0) is 18.8. The lowest BCUT2D eigenvalue weighted by Gasteiger charge is -2.21. The lowest BCUT2D eigenvalue weighted by Crippen LogP contribution is -2.21. The van der Waals surface area contributed by atoms with Crippen LogP contribution in [0.3, 0.4) is 0 Å². The molecule has 27 heavy (non-hydrogen) atoms. The highest BCUT2D eigenvalue weighted by molar-refractivity contribution is 6.10. The van der Waals surface area contributed by atoms with Crippen molar-refractivity contribution in [3.05, 3.63) is 72.3 Å². The number of nitrogens with one attached hydrogen (secondary N) is 1. The average Bonchev–Trinajstić information content (AvgIpc) is 3.08. The fourth-order valence-electron chi connectivity index (χ4n) is 3.41. The Morgan fingerprint density at radius 2 is 1.59 bits per heavy atom. The monoisotopic (exact) mass is 358 g/mol. The summed E-state index contributed by atoms with van der Waals surface area (Å²) in [5.41, 5.74) is 4.17. The molecule has 1 N–H and O–H groups in total. The largest absolute Gasteiger partial charge is 0.456 e. The van der Waals surface area contributed by atoms with Crippen molar-refractivity contribution in [3.63, 3.8) is 0 Å². The molecule has 136 valence electrons. The van der Waals surface area contributed by atoms with E-state index in [1.807, 2.05) is 60.7 Å². The van der Waals surface area contributed by atoms with Gasteiger partial charge in [0, 0.05) is 40.8 Å². The number of fused-ring (bicyclic) bond motifs is 3. The minimum atomic E-state index is -0.127. The van der Waals surface area contributed by atoms with Crippen molar-refractivity contribution in [2.75, 3.05) is 23.3 Å². The van der Waals surface area contributed by atoms with Crippen LogP contribution in [0.4, 0.5) is 11.4 Å². The van der Waals surface area contributed by atoms with Gasteiger partial charge in [0.25, 0.3) is 5.91 Å². The van der Waals surface area contributed by atoms with Crippen LogP contribution in [0.5, 0.6) is 0 Å². The zero-order valence-corrected chi connectivity index (χ0v) is 15.5. The Kier molecular flexibility index (Phi) is 4.55. The van der Waals surface area contributed by atoms with E-state index in [-0.39, 0.29) is 5.91 Å². The van der Waals surface area contributed by atoms with Gasteiger partial charge in [-0.1, -0.05) is 18.2 Å². The molecule has 0 spiro atoms. The van der Waals surface area contributed by atoms with Crippen LogP contribution >= 0.6 is 0 Å². The molecule has 0 unspecified atom stereocenters. The van der Waals surface area contributed by atoms with Gasteiger partial charge in [0.05, 0.1) is 0 Å². The van der Waals surface area contributed by atoms with Gasteiger partial charge >= 0.3 is 0 Å². The van der Waals surface area contributed by atoms with Crippen molar-refractivity contribution in [1.82, 2.24) is 0 Å². The maximum Gasteiger partial charge on any atom is 0.255 e. The Morgan fingerprint density at radius 3 is 2.33 bits per heavy atom. The number of carbonyl (C=O) groups is 1. The molecular formula is C23H22N2O2. The van der Waals surface area contributed by atoms with E-state index in [4.69, 9.17) is 4.42 Å². The Bertz CT molecular complexity index is 1090. The zero-order valence-electron chi connectivity index (χ0n) is 15.5. The van der Waals surface area contributed by atoms with Crippen LogP contribution in [-0.4, -0.2) is 19.0 Å². The lowest BCUT2D eigenvalue weighted by atomic mass is 10.1. The minimum absolute atomic E-state index is 0.127. The second-order valence-electron chi connectivity index (χ2n) is 6.48. The van der Waals surface area contributed by atoms with Gasteiger partial charge in [0.15, 0.2) is 0 Å². The van der Waals surface area contributed by atoms with Crippen molar-refractivity contribution in [1.29, 1.82) is 0 Å². The van der Waals surface area contributed by atoms with Crippen LogP contribution in [0.1, 0.15) is 24.2 Å². The van der Waals surface area contributed by atoms with Crippen molar-refractivity contribution < 1.29 is 9.21 Å². The number of para-hydroxylation sites is 1. The summed E-state index contributed by atoms with van der Waals surface area (Å²) in [5, 5.41) is 4.95. The van der Waals surface area contributed by atoms with Gasteiger partial charge in [-0.3, -0.25) is 4.79 Å². The van der Waals surface area contributed by atoms with E-state index in [9.17, 15) is 4.79 Å². The molecule has 0 aliphatic heterocycles. The summed E-state index contributed by atoms with van der Waals surface area (Å²) in [6.07, 6.45) is 0. The first-order valence-electron chi connectivity index (χ1n) is 9.27. The maximum atomic E-state index is 12.7. The van der Waals surface area contributed by atoms with E-state index >= 15 is 0 Å². The standard InChI is InChI=1S/C23H22N2O2/c1-3-25(4-2)18-12-10-17(11-13-18)24-23(26)16-9-14-22-20(15-16)19-7-5-6-8-21(19)27-22/h5-15H,3-4H2,1-2H3,(H,24,26). The molecule has 4 nitrogen and oxygen atoms in total. The third kappa shape index (κ3) is 3.26. The fourth-order valence-corrected chi connectivity index (χ4v) is 3.41. The van der Waals surface area contributed by atoms with E-state index in [0.717, 1.165) is 46.4 Å². The third-order valence-electron chi connectivity index (χ3n) is 4.89. The highest BCUT2D eigenvalue weighted by atomic mass is 16.3. The number of furan rings is 1. The molecule has 4 heteroatoms. The predicted octanol–water partition coefficient (Wildman–Crippen LogP) is 5.68. The molecule has 0 radical (unpaired) electrons. The third-order valence-corrected chi connectivity index (χ3v) is 4.89. The average molecular weight is 358 g/mol. The smallest absolute Gasteiger partial charge is 0.255 e. The van der Waals surface area contributed by atoms with Gasteiger partial charge in [-0.15, -0.1) is 0 Å². The number of rotatable bonds is 5. The molecule has 0 bridgehead atoms. The number of carbonyl (C=O) groups excluding carboxylic acids is 1. The summed E-state index contributed by atoms with van der Waals surface area (Å²) in [5.74, 6) is -0.127. The molecular weight excluding hydrogens is 336 g/mol. The van der Waals surface area contributed by atoms with Gasteiger partial charge in [0.2, 0.25) is 0 Å². The first-order chi connectivity index (χ1) is 13.2.